The van der Waals surface area contributed by atoms with Crippen molar-refractivity contribution in [3.63, 3.8) is 0 Å². The predicted octanol–water partition coefficient (Wildman–Crippen LogP) is 6.92. The van der Waals surface area contributed by atoms with Crippen molar-refractivity contribution in [2.45, 2.75) is 13.8 Å². The van der Waals surface area contributed by atoms with Gasteiger partial charge >= 0.3 is 0 Å². The molecule has 0 N–H and O–H groups in total. The van der Waals surface area contributed by atoms with Gasteiger partial charge < -0.3 is 9.47 Å². The van der Waals surface area contributed by atoms with Gasteiger partial charge in [0.05, 0.1) is 7.11 Å². The summed E-state index contributed by atoms with van der Waals surface area (Å²) in [6.45, 7) is 3.85. The summed E-state index contributed by atoms with van der Waals surface area (Å²) in [6, 6.07) is 21.6. The number of rotatable bonds is 9. The van der Waals surface area contributed by atoms with Crippen LogP contribution in [-0.2, 0) is 0 Å². The second-order valence-corrected chi connectivity index (χ2v) is 7.34. The standard InChI is InChI=1S/C29H26O4/c1-4-6-23(29(31)24-13-17-25(32-3)18-14-24)7-5-8-28(30)22-11-19-27(20-12-22)33-26-15-9-21(2)10-16-26/h4-20H,1-3H3/b6-4-,8-5+,23-7+. The van der Waals surface area contributed by atoms with Crippen molar-refractivity contribution in [3.05, 3.63) is 125 Å². The fraction of sp³-hybridized carbons (Fsp3) is 0.103. The van der Waals surface area contributed by atoms with E-state index in [2.05, 4.69) is 0 Å². The van der Waals surface area contributed by atoms with E-state index in [1.54, 1.807) is 79.9 Å². The minimum Gasteiger partial charge on any atom is -0.497 e. The largest absolute Gasteiger partial charge is 0.497 e. The Morgan fingerprint density at radius 3 is 1.85 bits per heavy atom. The molecule has 33 heavy (non-hydrogen) atoms. The van der Waals surface area contributed by atoms with Crippen LogP contribution in [0.3, 0.4) is 0 Å². The summed E-state index contributed by atoms with van der Waals surface area (Å²) in [5.41, 5.74) is 2.72. The van der Waals surface area contributed by atoms with Gasteiger partial charge in [-0.1, -0.05) is 42.0 Å². The predicted molar refractivity (Wildman–Crippen MR) is 131 cm³/mol. The molecule has 3 aromatic carbocycles. The fourth-order valence-electron chi connectivity index (χ4n) is 3.06. The van der Waals surface area contributed by atoms with Crippen LogP contribution in [-0.4, -0.2) is 18.7 Å². The van der Waals surface area contributed by atoms with Gasteiger partial charge in [0.15, 0.2) is 11.6 Å². The lowest BCUT2D eigenvalue weighted by molar-refractivity contribution is 0.103. The third-order valence-electron chi connectivity index (χ3n) is 4.88. The summed E-state index contributed by atoms with van der Waals surface area (Å²) in [6.07, 6.45) is 8.18. The van der Waals surface area contributed by atoms with Crippen molar-refractivity contribution < 1.29 is 19.1 Å². The number of ketones is 2. The van der Waals surface area contributed by atoms with E-state index < -0.39 is 0 Å². The molecule has 0 atom stereocenters. The molecule has 4 nitrogen and oxygen atoms in total. The molecule has 0 unspecified atom stereocenters. The molecule has 4 heteroatoms. The van der Waals surface area contributed by atoms with Crippen molar-refractivity contribution in [1.29, 1.82) is 0 Å². The average molecular weight is 439 g/mol. The maximum atomic E-state index is 12.8. The van der Waals surface area contributed by atoms with Gasteiger partial charge in [0.25, 0.3) is 0 Å². The van der Waals surface area contributed by atoms with Gasteiger partial charge in [-0.2, -0.15) is 0 Å². The van der Waals surface area contributed by atoms with Gasteiger partial charge in [0.2, 0.25) is 0 Å². The van der Waals surface area contributed by atoms with E-state index in [1.165, 1.54) is 6.08 Å². The first-order valence-corrected chi connectivity index (χ1v) is 10.6. The summed E-state index contributed by atoms with van der Waals surface area (Å²) >= 11 is 0. The molecular formula is C29H26O4. The van der Waals surface area contributed by atoms with E-state index in [0.717, 1.165) is 11.3 Å². The molecule has 0 fully saturated rings. The van der Waals surface area contributed by atoms with Crippen LogP contribution >= 0.6 is 0 Å². The first-order valence-electron chi connectivity index (χ1n) is 10.6. The zero-order valence-corrected chi connectivity index (χ0v) is 18.9. The lowest BCUT2D eigenvalue weighted by Gasteiger charge is -2.06. The second kappa shape index (κ2) is 11.4. The van der Waals surface area contributed by atoms with E-state index in [9.17, 15) is 9.59 Å². The second-order valence-electron chi connectivity index (χ2n) is 7.34. The van der Waals surface area contributed by atoms with Gasteiger partial charge in [-0.15, -0.1) is 0 Å². The number of carbonyl (C=O) groups excluding carboxylic acids is 2. The molecule has 0 saturated carbocycles. The molecule has 166 valence electrons. The molecular weight excluding hydrogens is 412 g/mol. The first-order chi connectivity index (χ1) is 16.0. The summed E-state index contributed by atoms with van der Waals surface area (Å²) in [7, 11) is 1.58. The Bertz CT molecular complexity index is 1180. The van der Waals surface area contributed by atoms with E-state index in [4.69, 9.17) is 9.47 Å². The van der Waals surface area contributed by atoms with Crippen LogP contribution in [0.15, 0.2) is 109 Å². The summed E-state index contributed by atoms with van der Waals surface area (Å²) in [5, 5.41) is 0. The lowest BCUT2D eigenvalue weighted by atomic mass is 10.0. The van der Waals surface area contributed by atoms with Crippen molar-refractivity contribution in [1.82, 2.24) is 0 Å². The Morgan fingerprint density at radius 2 is 1.27 bits per heavy atom. The Kier molecular flexibility index (Phi) is 8.14. The highest BCUT2D eigenvalue weighted by Gasteiger charge is 2.09. The van der Waals surface area contributed by atoms with Crippen LogP contribution in [0.25, 0.3) is 0 Å². The fourth-order valence-corrected chi connectivity index (χ4v) is 3.06. The smallest absolute Gasteiger partial charge is 0.193 e. The number of benzene rings is 3. The van der Waals surface area contributed by atoms with Gasteiger partial charge in [-0.05, 0) is 80.6 Å². The molecule has 0 aromatic heterocycles. The number of methoxy groups -OCH3 is 1. The number of ether oxygens (including phenoxy) is 2. The maximum absolute atomic E-state index is 12.8. The molecule has 3 rings (SSSR count). The summed E-state index contributed by atoms with van der Waals surface area (Å²) in [4.78, 5) is 25.3. The molecule has 0 heterocycles. The van der Waals surface area contributed by atoms with E-state index in [0.29, 0.717) is 28.2 Å². The zero-order chi connectivity index (χ0) is 23.6. The monoisotopic (exact) mass is 438 g/mol. The zero-order valence-electron chi connectivity index (χ0n) is 18.9. The topological polar surface area (TPSA) is 52.6 Å². The quantitative estimate of drug-likeness (QED) is 0.207. The number of hydrogen-bond acceptors (Lipinski definition) is 4. The Morgan fingerprint density at radius 1 is 0.727 bits per heavy atom. The third kappa shape index (κ3) is 6.65. The van der Waals surface area contributed by atoms with Crippen molar-refractivity contribution in [2.75, 3.05) is 7.11 Å². The van der Waals surface area contributed by atoms with Crippen LogP contribution in [0.5, 0.6) is 17.2 Å². The highest BCUT2D eigenvalue weighted by molar-refractivity contribution is 6.11. The minimum absolute atomic E-state index is 0.134. The summed E-state index contributed by atoms with van der Waals surface area (Å²) < 4.78 is 10.9. The lowest BCUT2D eigenvalue weighted by Crippen LogP contribution is -2.01. The molecule has 0 spiro atoms. The van der Waals surface area contributed by atoms with Crippen LogP contribution in [0.1, 0.15) is 33.2 Å². The van der Waals surface area contributed by atoms with Crippen molar-refractivity contribution >= 4 is 11.6 Å². The molecule has 0 bridgehead atoms. The number of Topliss-reactive ketones (excluding diaryl/α,β-unsaturated/α-hetero) is 1. The highest BCUT2D eigenvalue weighted by Crippen LogP contribution is 2.22. The Balaban J connectivity index is 1.67. The maximum Gasteiger partial charge on any atom is 0.193 e. The van der Waals surface area contributed by atoms with Crippen LogP contribution in [0, 0.1) is 6.92 Å². The molecule has 0 amide bonds. The molecule has 0 aliphatic rings. The first kappa shape index (κ1) is 23.5. The van der Waals surface area contributed by atoms with E-state index >= 15 is 0 Å². The summed E-state index contributed by atoms with van der Waals surface area (Å²) in [5.74, 6) is 1.78. The Labute approximate surface area is 194 Å². The number of allylic oxidation sites excluding steroid dienone is 6. The van der Waals surface area contributed by atoms with Crippen LogP contribution in [0.2, 0.25) is 0 Å². The molecule has 3 aromatic rings. The third-order valence-corrected chi connectivity index (χ3v) is 4.88. The SMILES string of the molecule is C\C=C/C(=C\C=C\C(=O)c1ccc(Oc2ccc(C)cc2)cc1)C(=O)c1ccc(OC)cc1. The van der Waals surface area contributed by atoms with Crippen molar-refractivity contribution in [2.24, 2.45) is 0 Å². The van der Waals surface area contributed by atoms with Crippen LogP contribution < -0.4 is 9.47 Å². The van der Waals surface area contributed by atoms with Crippen LogP contribution in [0.4, 0.5) is 0 Å². The highest BCUT2D eigenvalue weighted by atomic mass is 16.5. The molecule has 0 radical (unpaired) electrons. The molecule has 0 aliphatic carbocycles. The van der Waals surface area contributed by atoms with Gasteiger partial charge in [0.1, 0.15) is 17.2 Å². The normalized spacial score (nSPS) is 11.7. The van der Waals surface area contributed by atoms with E-state index in [-0.39, 0.29) is 11.6 Å². The van der Waals surface area contributed by atoms with Crippen molar-refractivity contribution in [3.8, 4) is 17.2 Å². The Hall–Kier alpha value is -4.18. The number of hydrogen-bond donors (Lipinski definition) is 0. The number of carbonyl (C=O) groups is 2. The van der Waals surface area contributed by atoms with Gasteiger partial charge in [-0.25, -0.2) is 0 Å². The number of aryl methyl sites for hydroxylation is 1. The average Bonchev–Trinajstić information content (AvgIpc) is 2.85. The molecule has 0 aliphatic heterocycles. The minimum atomic E-state index is -0.162. The van der Waals surface area contributed by atoms with E-state index in [1.807, 2.05) is 38.1 Å². The van der Waals surface area contributed by atoms with Gasteiger partial charge in [-0.3, -0.25) is 9.59 Å². The molecule has 0 saturated heterocycles. The van der Waals surface area contributed by atoms with Gasteiger partial charge in [0, 0.05) is 16.7 Å².